The van der Waals surface area contributed by atoms with E-state index < -0.39 is 0 Å². The molecule has 2 heterocycles. The Morgan fingerprint density at radius 2 is 2.27 bits per heavy atom. The lowest BCUT2D eigenvalue weighted by molar-refractivity contribution is 1.06. The second kappa shape index (κ2) is 2.27. The summed E-state index contributed by atoms with van der Waals surface area (Å²) in [6, 6.07) is 0. The Balaban J connectivity index is 2.91. The van der Waals surface area contributed by atoms with Crippen LogP contribution in [0.15, 0.2) is 10.9 Å². The quantitative estimate of drug-likeness (QED) is 0.673. The number of nitrogens with zero attached hydrogens (tertiary/aromatic N) is 3. The Hall–Kier alpha value is -0.970. The summed E-state index contributed by atoms with van der Waals surface area (Å²) in [6.07, 6.45) is 1.60. The van der Waals surface area contributed by atoms with E-state index in [0.29, 0.717) is 0 Å². The first-order valence-electron chi connectivity index (χ1n) is 3.10. The van der Waals surface area contributed by atoms with Crippen LogP contribution in [0.5, 0.6) is 0 Å². The van der Waals surface area contributed by atoms with Crippen molar-refractivity contribution >= 4 is 27.1 Å². The molecule has 56 valence electrons. The summed E-state index contributed by atoms with van der Waals surface area (Å²) in [5.41, 5.74) is 1.54. The lowest BCUT2D eigenvalue weighted by atomic mass is 10.5. The van der Waals surface area contributed by atoms with E-state index in [1.165, 1.54) is 0 Å². The van der Waals surface area contributed by atoms with Crippen molar-refractivity contribution in [2.75, 3.05) is 0 Å². The number of aromatic amines is 1. The monoisotopic (exact) mass is 212 g/mol. The summed E-state index contributed by atoms with van der Waals surface area (Å²) >= 11 is 3.29. The molecule has 0 amide bonds. The van der Waals surface area contributed by atoms with Crippen molar-refractivity contribution in [2.45, 2.75) is 6.92 Å². The molecule has 0 saturated carbocycles. The number of fused-ring (bicyclic) bond motifs is 1. The average Bonchev–Trinajstić information content (AvgIpc) is 2.34. The van der Waals surface area contributed by atoms with Gasteiger partial charge in [-0.05, 0) is 22.9 Å². The van der Waals surface area contributed by atoms with Gasteiger partial charge in [-0.25, -0.2) is 15.0 Å². The molecule has 0 aliphatic heterocycles. The van der Waals surface area contributed by atoms with E-state index in [4.69, 9.17) is 0 Å². The van der Waals surface area contributed by atoms with Gasteiger partial charge in [-0.2, -0.15) is 0 Å². The molecule has 4 nitrogen and oxygen atoms in total. The lowest BCUT2D eigenvalue weighted by Crippen LogP contribution is -1.89. The fourth-order valence-corrected chi connectivity index (χ4v) is 1.45. The molecule has 0 radical (unpaired) electrons. The second-order valence-corrected chi connectivity index (χ2v) is 2.91. The maximum atomic E-state index is 4.14. The molecule has 0 fully saturated rings. The van der Waals surface area contributed by atoms with Crippen LogP contribution >= 0.6 is 15.9 Å². The van der Waals surface area contributed by atoms with Crippen LogP contribution in [0.2, 0.25) is 0 Å². The Morgan fingerprint density at radius 3 is 3.09 bits per heavy atom. The van der Waals surface area contributed by atoms with Gasteiger partial charge in [-0.1, -0.05) is 0 Å². The fourth-order valence-electron chi connectivity index (χ4n) is 0.905. The van der Waals surface area contributed by atoms with Crippen LogP contribution in [0.4, 0.5) is 0 Å². The molecule has 2 aromatic rings. The largest absolute Gasteiger partial charge is 0.329 e. The zero-order valence-electron chi connectivity index (χ0n) is 5.80. The van der Waals surface area contributed by atoms with E-state index in [1.54, 1.807) is 6.33 Å². The number of rotatable bonds is 0. The number of hydrogen-bond acceptors (Lipinski definition) is 3. The van der Waals surface area contributed by atoms with Crippen LogP contribution in [0, 0.1) is 6.92 Å². The van der Waals surface area contributed by atoms with Gasteiger partial charge in [0.25, 0.3) is 0 Å². The van der Waals surface area contributed by atoms with Crippen molar-refractivity contribution in [1.82, 2.24) is 19.9 Å². The minimum absolute atomic E-state index is 0.730. The van der Waals surface area contributed by atoms with Crippen LogP contribution < -0.4 is 0 Å². The predicted octanol–water partition coefficient (Wildman–Crippen LogP) is 1.42. The molecule has 0 spiro atoms. The van der Waals surface area contributed by atoms with Crippen LogP contribution in [0.25, 0.3) is 11.2 Å². The van der Waals surface area contributed by atoms with Gasteiger partial charge in [0.1, 0.15) is 15.9 Å². The van der Waals surface area contributed by atoms with Gasteiger partial charge in [0.05, 0.1) is 6.33 Å². The summed E-state index contributed by atoms with van der Waals surface area (Å²) < 4.78 is 0.737. The van der Waals surface area contributed by atoms with Gasteiger partial charge < -0.3 is 4.98 Å². The molecule has 1 N–H and O–H groups in total. The number of halogens is 1. The predicted molar refractivity (Wildman–Crippen MR) is 44.1 cm³/mol. The van der Waals surface area contributed by atoms with Crippen LogP contribution in [0.1, 0.15) is 5.82 Å². The van der Waals surface area contributed by atoms with Crippen LogP contribution in [0.3, 0.4) is 0 Å². The normalized spacial score (nSPS) is 10.7. The van der Waals surface area contributed by atoms with Crippen molar-refractivity contribution in [3.8, 4) is 0 Å². The number of aromatic nitrogens is 4. The number of imidazole rings is 1. The summed E-state index contributed by atoms with van der Waals surface area (Å²) in [5, 5.41) is 0. The average molecular weight is 213 g/mol. The summed E-state index contributed by atoms with van der Waals surface area (Å²) in [4.78, 5) is 15.2. The molecular weight excluding hydrogens is 208 g/mol. The molecule has 0 bridgehead atoms. The Labute approximate surface area is 71.2 Å². The molecule has 0 aliphatic rings. The SMILES string of the molecule is Cc1nc(Br)c2nc[nH]c2n1. The molecule has 2 aromatic heterocycles. The molecule has 0 unspecified atom stereocenters. The third-order valence-corrected chi connectivity index (χ3v) is 1.90. The smallest absolute Gasteiger partial charge is 0.162 e. The number of nitrogens with one attached hydrogen (secondary N) is 1. The van der Waals surface area contributed by atoms with E-state index in [1.807, 2.05) is 6.92 Å². The molecular formula is C6H5BrN4. The highest BCUT2D eigenvalue weighted by molar-refractivity contribution is 9.10. The molecule has 0 aliphatic carbocycles. The number of H-pyrrole nitrogens is 1. The number of aryl methyl sites for hydroxylation is 1. The maximum Gasteiger partial charge on any atom is 0.162 e. The Bertz CT molecular complexity index is 394. The standard InChI is InChI=1S/C6H5BrN4/c1-3-10-5(7)4-6(11-3)9-2-8-4/h2H,1H3,(H,8,9,10,11). The van der Waals surface area contributed by atoms with Gasteiger partial charge in [-0.3, -0.25) is 0 Å². The summed E-state index contributed by atoms with van der Waals surface area (Å²) in [5.74, 6) is 0.730. The van der Waals surface area contributed by atoms with E-state index in [2.05, 4.69) is 35.9 Å². The van der Waals surface area contributed by atoms with Gasteiger partial charge in [0.2, 0.25) is 0 Å². The zero-order valence-corrected chi connectivity index (χ0v) is 7.38. The topological polar surface area (TPSA) is 54.5 Å². The van der Waals surface area contributed by atoms with E-state index in [9.17, 15) is 0 Å². The van der Waals surface area contributed by atoms with Crippen molar-refractivity contribution < 1.29 is 0 Å². The first kappa shape index (κ1) is 6.72. The van der Waals surface area contributed by atoms with E-state index >= 15 is 0 Å². The molecule has 11 heavy (non-hydrogen) atoms. The number of hydrogen-bond donors (Lipinski definition) is 1. The van der Waals surface area contributed by atoms with Crippen molar-refractivity contribution in [3.05, 3.63) is 16.8 Å². The highest BCUT2D eigenvalue weighted by Crippen LogP contribution is 2.16. The van der Waals surface area contributed by atoms with Gasteiger partial charge >= 0.3 is 0 Å². The van der Waals surface area contributed by atoms with Crippen molar-refractivity contribution in [1.29, 1.82) is 0 Å². The molecule has 0 atom stereocenters. The summed E-state index contributed by atoms with van der Waals surface area (Å²) in [7, 11) is 0. The second-order valence-electron chi connectivity index (χ2n) is 2.16. The molecule has 2 rings (SSSR count). The summed E-state index contributed by atoms with van der Waals surface area (Å²) in [6.45, 7) is 1.84. The first-order valence-corrected chi connectivity index (χ1v) is 3.90. The van der Waals surface area contributed by atoms with Crippen molar-refractivity contribution in [3.63, 3.8) is 0 Å². The van der Waals surface area contributed by atoms with Gasteiger partial charge in [0, 0.05) is 0 Å². The third-order valence-electron chi connectivity index (χ3n) is 1.35. The Kier molecular flexibility index (Phi) is 1.38. The highest BCUT2D eigenvalue weighted by Gasteiger charge is 2.03. The third kappa shape index (κ3) is 1.01. The highest BCUT2D eigenvalue weighted by atomic mass is 79.9. The molecule has 5 heteroatoms. The van der Waals surface area contributed by atoms with E-state index in [-0.39, 0.29) is 0 Å². The van der Waals surface area contributed by atoms with E-state index in [0.717, 1.165) is 21.6 Å². The Morgan fingerprint density at radius 1 is 1.45 bits per heavy atom. The fraction of sp³-hybridized carbons (Fsp3) is 0.167. The molecule has 0 saturated heterocycles. The molecule has 0 aromatic carbocycles. The van der Waals surface area contributed by atoms with Crippen molar-refractivity contribution in [2.24, 2.45) is 0 Å². The van der Waals surface area contributed by atoms with Gasteiger partial charge in [-0.15, -0.1) is 0 Å². The zero-order chi connectivity index (χ0) is 7.84. The first-order chi connectivity index (χ1) is 5.27. The van der Waals surface area contributed by atoms with Gasteiger partial charge in [0.15, 0.2) is 5.65 Å². The minimum atomic E-state index is 0.730. The lowest BCUT2D eigenvalue weighted by Gasteiger charge is -1.92. The van der Waals surface area contributed by atoms with Crippen LogP contribution in [-0.4, -0.2) is 19.9 Å². The maximum absolute atomic E-state index is 4.14. The van der Waals surface area contributed by atoms with Crippen LogP contribution in [-0.2, 0) is 0 Å². The minimum Gasteiger partial charge on any atom is -0.329 e.